The van der Waals surface area contributed by atoms with Crippen LogP contribution in [0.4, 0.5) is 14.5 Å². The van der Waals surface area contributed by atoms with Gasteiger partial charge in [-0.2, -0.15) is 0 Å². The minimum Gasteiger partial charge on any atom is -0.455 e. The lowest BCUT2D eigenvalue weighted by Gasteiger charge is -2.08. The maximum absolute atomic E-state index is 13.4. The molecule has 132 valence electrons. The Bertz CT molecular complexity index is 801. The third kappa shape index (κ3) is 6.03. The van der Waals surface area contributed by atoms with Crippen molar-refractivity contribution in [3.63, 3.8) is 0 Å². The summed E-state index contributed by atoms with van der Waals surface area (Å²) in [6.07, 6.45) is 0. The van der Waals surface area contributed by atoms with E-state index in [4.69, 9.17) is 16.3 Å². The standard InChI is InChI=1S/C17H14ClF2NO3S/c1-10-2-4-12(7-13(10)18)21-16(22)8-24-17(23)9-25-15-6-11(19)3-5-14(15)20/h2-7H,8-9H2,1H3,(H,21,22). The van der Waals surface area contributed by atoms with Gasteiger partial charge in [0, 0.05) is 15.6 Å². The first kappa shape index (κ1) is 19.2. The van der Waals surface area contributed by atoms with Crippen LogP contribution in [0.25, 0.3) is 0 Å². The van der Waals surface area contributed by atoms with Crippen LogP contribution < -0.4 is 5.32 Å². The van der Waals surface area contributed by atoms with Crippen molar-refractivity contribution in [2.24, 2.45) is 0 Å². The van der Waals surface area contributed by atoms with Crippen molar-refractivity contribution in [1.82, 2.24) is 0 Å². The van der Waals surface area contributed by atoms with E-state index in [2.05, 4.69) is 5.32 Å². The number of hydrogen-bond acceptors (Lipinski definition) is 4. The van der Waals surface area contributed by atoms with Gasteiger partial charge in [-0.05, 0) is 42.8 Å². The number of benzene rings is 2. The minimum absolute atomic E-state index is 0.00398. The SMILES string of the molecule is Cc1ccc(NC(=O)COC(=O)CSc2cc(F)ccc2F)cc1Cl. The van der Waals surface area contributed by atoms with Gasteiger partial charge in [0.15, 0.2) is 6.61 Å². The number of anilines is 1. The molecule has 0 aliphatic carbocycles. The molecule has 2 aromatic rings. The van der Waals surface area contributed by atoms with Crippen LogP contribution in [0.2, 0.25) is 5.02 Å². The zero-order valence-corrected chi connectivity index (χ0v) is 14.7. The molecule has 4 nitrogen and oxygen atoms in total. The van der Waals surface area contributed by atoms with E-state index in [1.807, 2.05) is 6.92 Å². The van der Waals surface area contributed by atoms with Gasteiger partial charge < -0.3 is 10.1 Å². The molecule has 0 aromatic heterocycles. The summed E-state index contributed by atoms with van der Waals surface area (Å²) in [5, 5.41) is 3.04. The van der Waals surface area contributed by atoms with E-state index in [-0.39, 0.29) is 10.6 Å². The highest BCUT2D eigenvalue weighted by atomic mass is 35.5. The van der Waals surface area contributed by atoms with Crippen molar-refractivity contribution in [1.29, 1.82) is 0 Å². The summed E-state index contributed by atoms with van der Waals surface area (Å²) < 4.78 is 31.3. The molecule has 0 bridgehead atoms. The maximum Gasteiger partial charge on any atom is 0.316 e. The van der Waals surface area contributed by atoms with Crippen LogP contribution >= 0.6 is 23.4 Å². The van der Waals surface area contributed by atoms with Gasteiger partial charge in [0.1, 0.15) is 11.6 Å². The molecule has 2 aromatic carbocycles. The molecule has 1 N–H and O–H groups in total. The fourth-order valence-electron chi connectivity index (χ4n) is 1.78. The van der Waals surface area contributed by atoms with E-state index in [1.165, 1.54) is 0 Å². The molecule has 0 saturated carbocycles. The third-order valence-corrected chi connectivity index (χ3v) is 4.47. The first-order chi connectivity index (χ1) is 11.8. The average Bonchev–Trinajstić information content (AvgIpc) is 2.57. The molecular formula is C17H14ClF2NO3S. The summed E-state index contributed by atoms with van der Waals surface area (Å²) in [4.78, 5) is 23.3. The van der Waals surface area contributed by atoms with Crippen LogP contribution in [0.5, 0.6) is 0 Å². The zero-order chi connectivity index (χ0) is 18.4. The molecule has 0 atom stereocenters. The molecule has 0 saturated heterocycles. The van der Waals surface area contributed by atoms with Gasteiger partial charge in [-0.3, -0.25) is 9.59 Å². The number of amides is 1. The fourth-order valence-corrected chi connectivity index (χ4v) is 2.72. The summed E-state index contributed by atoms with van der Waals surface area (Å²) >= 11 is 6.74. The van der Waals surface area contributed by atoms with Gasteiger partial charge in [0.25, 0.3) is 5.91 Å². The Hall–Kier alpha value is -2.12. The van der Waals surface area contributed by atoms with E-state index in [9.17, 15) is 18.4 Å². The molecule has 2 rings (SSSR count). The Balaban J connectivity index is 1.78. The molecular weight excluding hydrogens is 372 g/mol. The minimum atomic E-state index is -0.717. The molecule has 0 fully saturated rings. The van der Waals surface area contributed by atoms with E-state index < -0.39 is 30.1 Å². The first-order valence-electron chi connectivity index (χ1n) is 7.14. The molecule has 0 unspecified atom stereocenters. The van der Waals surface area contributed by atoms with Crippen LogP contribution in [-0.2, 0) is 14.3 Å². The second kappa shape index (κ2) is 8.82. The van der Waals surface area contributed by atoms with Crippen molar-refractivity contribution in [2.45, 2.75) is 11.8 Å². The number of aryl methyl sites for hydroxylation is 1. The maximum atomic E-state index is 13.4. The normalized spacial score (nSPS) is 10.4. The van der Waals surface area contributed by atoms with Gasteiger partial charge in [-0.25, -0.2) is 8.78 Å². The highest BCUT2D eigenvalue weighted by molar-refractivity contribution is 8.00. The predicted octanol–water partition coefficient (Wildman–Crippen LogP) is 4.20. The van der Waals surface area contributed by atoms with Gasteiger partial charge in [0.2, 0.25) is 0 Å². The predicted molar refractivity (Wildman–Crippen MR) is 92.9 cm³/mol. The highest BCUT2D eigenvalue weighted by Gasteiger charge is 2.11. The monoisotopic (exact) mass is 385 g/mol. The molecule has 0 radical (unpaired) electrons. The first-order valence-corrected chi connectivity index (χ1v) is 8.51. The van der Waals surface area contributed by atoms with Crippen LogP contribution in [-0.4, -0.2) is 24.2 Å². The lowest BCUT2D eigenvalue weighted by Crippen LogP contribution is -2.21. The molecule has 25 heavy (non-hydrogen) atoms. The number of ether oxygens (including phenoxy) is 1. The summed E-state index contributed by atoms with van der Waals surface area (Å²) in [6, 6.07) is 7.94. The number of nitrogens with one attached hydrogen (secondary N) is 1. The van der Waals surface area contributed by atoms with Gasteiger partial charge in [-0.1, -0.05) is 17.7 Å². The average molecular weight is 386 g/mol. The molecule has 1 amide bonds. The third-order valence-electron chi connectivity index (χ3n) is 3.06. The fraction of sp³-hybridized carbons (Fsp3) is 0.176. The Labute approximate surface area is 152 Å². The lowest BCUT2D eigenvalue weighted by atomic mass is 10.2. The van der Waals surface area contributed by atoms with Gasteiger partial charge in [-0.15, -0.1) is 11.8 Å². The quantitative estimate of drug-likeness (QED) is 0.598. The number of rotatable bonds is 6. The second-order valence-corrected chi connectivity index (χ2v) is 6.46. The van der Waals surface area contributed by atoms with Crippen molar-refractivity contribution < 1.29 is 23.1 Å². The summed E-state index contributed by atoms with van der Waals surface area (Å²) in [5.74, 6) is -2.73. The van der Waals surface area contributed by atoms with Gasteiger partial charge >= 0.3 is 5.97 Å². The van der Waals surface area contributed by atoms with Crippen LogP contribution in [0.15, 0.2) is 41.3 Å². The number of esters is 1. The van der Waals surface area contributed by atoms with Crippen molar-refractivity contribution in [2.75, 3.05) is 17.7 Å². The summed E-state index contributed by atoms with van der Waals surface area (Å²) in [6.45, 7) is 1.34. The van der Waals surface area contributed by atoms with Crippen molar-refractivity contribution in [3.05, 3.63) is 58.6 Å². The van der Waals surface area contributed by atoms with Crippen LogP contribution in [0.1, 0.15) is 5.56 Å². The van der Waals surface area contributed by atoms with E-state index >= 15 is 0 Å². The molecule has 0 spiro atoms. The van der Waals surface area contributed by atoms with E-state index in [0.717, 1.165) is 35.5 Å². The van der Waals surface area contributed by atoms with E-state index in [1.54, 1.807) is 18.2 Å². The Kier molecular flexibility index (Phi) is 6.78. The second-order valence-electron chi connectivity index (χ2n) is 5.04. The van der Waals surface area contributed by atoms with Crippen LogP contribution in [0, 0.1) is 18.6 Å². The largest absolute Gasteiger partial charge is 0.455 e. The Morgan fingerprint density at radius 1 is 1.20 bits per heavy atom. The van der Waals surface area contributed by atoms with E-state index in [0.29, 0.717) is 10.7 Å². The zero-order valence-electron chi connectivity index (χ0n) is 13.1. The topological polar surface area (TPSA) is 55.4 Å². The smallest absolute Gasteiger partial charge is 0.316 e. The van der Waals surface area contributed by atoms with Gasteiger partial charge in [0.05, 0.1) is 5.75 Å². The number of carbonyl (C=O) groups excluding carboxylic acids is 2. The van der Waals surface area contributed by atoms with Crippen LogP contribution in [0.3, 0.4) is 0 Å². The molecule has 0 heterocycles. The lowest BCUT2D eigenvalue weighted by molar-refractivity contribution is -0.144. The Morgan fingerprint density at radius 3 is 2.68 bits per heavy atom. The molecule has 0 aliphatic heterocycles. The Morgan fingerprint density at radius 2 is 1.96 bits per heavy atom. The summed E-state index contributed by atoms with van der Waals surface area (Å²) in [5.41, 5.74) is 1.35. The highest BCUT2D eigenvalue weighted by Crippen LogP contribution is 2.23. The number of halogens is 3. The molecule has 8 heteroatoms. The summed E-state index contributed by atoms with van der Waals surface area (Å²) in [7, 11) is 0. The number of hydrogen-bond donors (Lipinski definition) is 1. The van der Waals surface area contributed by atoms with Crippen molar-refractivity contribution in [3.8, 4) is 0 Å². The van der Waals surface area contributed by atoms with Crippen molar-refractivity contribution >= 4 is 40.9 Å². The number of carbonyl (C=O) groups is 2. The number of thioether (sulfide) groups is 1. The molecule has 0 aliphatic rings.